The first kappa shape index (κ1) is 12.8. The van der Waals surface area contributed by atoms with Crippen LogP contribution in [-0.2, 0) is 4.79 Å². The molecule has 1 aliphatic rings. The molecule has 1 aliphatic heterocycles. The molecule has 5 heteroatoms. The fraction of sp³-hybridized carbons (Fsp3) is 0.538. The zero-order valence-corrected chi connectivity index (χ0v) is 10.5. The van der Waals surface area contributed by atoms with Gasteiger partial charge in [-0.05, 0) is 17.9 Å². The van der Waals surface area contributed by atoms with Crippen LogP contribution in [0.15, 0.2) is 18.5 Å². The third-order valence-corrected chi connectivity index (χ3v) is 3.63. The Balaban J connectivity index is 2.24. The molecule has 98 valence electrons. The Bertz CT molecular complexity index is 450. The van der Waals surface area contributed by atoms with Crippen molar-refractivity contribution in [3.8, 4) is 0 Å². The van der Waals surface area contributed by atoms with Crippen LogP contribution in [0.25, 0.3) is 0 Å². The summed E-state index contributed by atoms with van der Waals surface area (Å²) >= 11 is 0. The molecule has 0 spiro atoms. The maximum Gasteiger partial charge on any atom is 0.308 e. The van der Waals surface area contributed by atoms with Crippen LogP contribution < -0.4 is 4.90 Å². The number of pyridine rings is 1. The van der Waals surface area contributed by atoms with Crippen molar-refractivity contribution in [3.63, 3.8) is 0 Å². The molecule has 18 heavy (non-hydrogen) atoms. The van der Waals surface area contributed by atoms with Gasteiger partial charge in [0.2, 0.25) is 0 Å². The lowest BCUT2D eigenvalue weighted by molar-refractivity contribution is -0.142. The number of carbonyl (C=O) groups is 1. The van der Waals surface area contributed by atoms with Crippen LogP contribution in [0.1, 0.15) is 13.8 Å². The van der Waals surface area contributed by atoms with Crippen LogP contribution in [0, 0.1) is 23.6 Å². The van der Waals surface area contributed by atoms with Crippen LogP contribution >= 0.6 is 0 Å². The van der Waals surface area contributed by atoms with Crippen molar-refractivity contribution in [3.05, 3.63) is 24.3 Å². The third kappa shape index (κ3) is 2.30. The summed E-state index contributed by atoms with van der Waals surface area (Å²) in [6.07, 6.45) is 2.69. The van der Waals surface area contributed by atoms with E-state index in [1.165, 1.54) is 6.20 Å². The standard InChI is InChI=1S/C13H17FN2O2/c1-8(2)9-6-16(7-10(9)13(17)18)12-3-4-15-5-11(12)14/h3-5,8-10H,6-7H2,1-2H3,(H,17,18)/t9-,10+/m0/s1. The van der Waals surface area contributed by atoms with Gasteiger partial charge >= 0.3 is 5.97 Å². The molecule has 1 N–H and O–H groups in total. The van der Waals surface area contributed by atoms with Crippen LogP contribution in [-0.4, -0.2) is 29.1 Å². The Kier molecular flexibility index (Phi) is 3.50. The molecule has 1 aromatic heterocycles. The van der Waals surface area contributed by atoms with E-state index in [2.05, 4.69) is 4.98 Å². The minimum atomic E-state index is -0.800. The zero-order valence-electron chi connectivity index (χ0n) is 10.5. The van der Waals surface area contributed by atoms with Gasteiger partial charge in [0.15, 0.2) is 5.82 Å². The molecule has 1 aromatic rings. The topological polar surface area (TPSA) is 53.4 Å². The summed E-state index contributed by atoms with van der Waals surface area (Å²) < 4.78 is 13.6. The summed E-state index contributed by atoms with van der Waals surface area (Å²) in [5, 5.41) is 9.23. The monoisotopic (exact) mass is 252 g/mol. The molecule has 1 fully saturated rings. The minimum absolute atomic E-state index is 0.0510. The lowest BCUT2D eigenvalue weighted by atomic mass is 9.86. The van der Waals surface area contributed by atoms with E-state index in [1.807, 2.05) is 13.8 Å². The maximum absolute atomic E-state index is 13.6. The average Bonchev–Trinajstić information content (AvgIpc) is 2.74. The number of halogens is 1. The highest BCUT2D eigenvalue weighted by atomic mass is 19.1. The first-order chi connectivity index (χ1) is 8.50. The van der Waals surface area contributed by atoms with Crippen molar-refractivity contribution in [1.82, 2.24) is 4.98 Å². The van der Waals surface area contributed by atoms with Crippen molar-refractivity contribution >= 4 is 11.7 Å². The fourth-order valence-corrected chi connectivity index (χ4v) is 2.59. The lowest BCUT2D eigenvalue weighted by Crippen LogP contribution is -2.25. The van der Waals surface area contributed by atoms with Gasteiger partial charge in [-0.15, -0.1) is 0 Å². The average molecular weight is 252 g/mol. The summed E-state index contributed by atoms with van der Waals surface area (Å²) in [5.74, 6) is -1.31. The first-order valence-corrected chi connectivity index (χ1v) is 6.08. The van der Waals surface area contributed by atoms with E-state index in [0.29, 0.717) is 18.8 Å². The molecule has 1 saturated heterocycles. The molecular weight excluding hydrogens is 235 g/mol. The van der Waals surface area contributed by atoms with E-state index in [1.54, 1.807) is 11.0 Å². The predicted octanol–water partition coefficient (Wildman–Crippen LogP) is 2.01. The molecule has 0 bridgehead atoms. The van der Waals surface area contributed by atoms with E-state index in [0.717, 1.165) is 6.20 Å². The summed E-state index contributed by atoms with van der Waals surface area (Å²) in [5.41, 5.74) is 0.444. The number of anilines is 1. The normalized spacial score (nSPS) is 23.7. The van der Waals surface area contributed by atoms with E-state index in [-0.39, 0.29) is 11.8 Å². The molecule has 0 radical (unpaired) electrons. The first-order valence-electron chi connectivity index (χ1n) is 6.08. The smallest absolute Gasteiger partial charge is 0.308 e. The SMILES string of the molecule is CC(C)[C@@H]1CN(c2ccncc2F)C[C@H]1C(=O)O. The molecule has 0 unspecified atom stereocenters. The van der Waals surface area contributed by atoms with Gasteiger partial charge in [-0.2, -0.15) is 0 Å². The predicted molar refractivity (Wildman–Crippen MR) is 65.9 cm³/mol. The van der Waals surface area contributed by atoms with Crippen molar-refractivity contribution in [2.45, 2.75) is 13.8 Å². The summed E-state index contributed by atoms with van der Waals surface area (Å²) in [6, 6.07) is 1.59. The minimum Gasteiger partial charge on any atom is -0.481 e. The zero-order chi connectivity index (χ0) is 13.3. The van der Waals surface area contributed by atoms with Crippen LogP contribution in [0.5, 0.6) is 0 Å². The molecule has 0 aromatic carbocycles. The van der Waals surface area contributed by atoms with E-state index >= 15 is 0 Å². The van der Waals surface area contributed by atoms with Gasteiger partial charge in [-0.1, -0.05) is 13.8 Å². The second-order valence-corrected chi connectivity index (χ2v) is 5.08. The second-order valence-electron chi connectivity index (χ2n) is 5.08. The van der Waals surface area contributed by atoms with Gasteiger partial charge < -0.3 is 10.0 Å². The summed E-state index contributed by atoms with van der Waals surface area (Å²) in [7, 11) is 0. The third-order valence-electron chi connectivity index (χ3n) is 3.63. The van der Waals surface area contributed by atoms with Gasteiger partial charge in [0.05, 0.1) is 17.8 Å². The quantitative estimate of drug-likeness (QED) is 0.894. The van der Waals surface area contributed by atoms with Gasteiger partial charge in [-0.3, -0.25) is 9.78 Å². The molecule has 0 aliphatic carbocycles. The number of aliphatic carboxylic acids is 1. The van der Waals surface area contributed by atoms with Crippen LogP contribution in [0.2, 0.25) is 0 Å². The highest BCUT2D eigenvalue weighted by Gasteiger charge is 2.39. The summed E-state index contributed by atoms with van der Waals surface area (Å²) in [6.45, 7) is 4.95. The van der Waals surface area contributed by atoms with E-state index < -0.39 is 17.7 Å². The Morgan fingerprint density at radius 3 is 2.78 bits per heavy atom. The Labute approximate surface area is 105 Å². The number of hydrogen-bond donors (Lipinski definition) is 1. The number of hydrogen-bond acceptors (Lipinski definition) is 3. The van der Waals surface area contributed by atoms with Crippen molar-refractivity contribution in [2.24, 2.45) is 17.8 Å². The fourth-order valence-electron chi connectivity index (χ4n) is 2.59. The lowest BCUT2D eigenvalue weighted by Gasteiger charge is -2.20. The van der Waals surface area contributed by atoms with Crippen molar-refractivity contribution < 1.29 is 14.3 Å². The van der Waals surface area contributed by atoms with Crippen LogP contribution in [0.3, 0.4) is 0 Å². The number of aromatic nitrogens is 1. The number of rotatable bonds is 3. The maximum atomic E-state index is 13.6. The Hall–Kier alpha value is -1.65. The number of carboxylic acids is 1. The van der Waals surface area contributed by atoms with Gasteiger partial charge in [0.25, 0.3) is 0 Å². The van der Waals surface area contributed by atoms with Gasteiger partial charge in [0, 0.05) is 19.3 Å². The number of carboxylic acid groups (broad SMARTS) is 1. The molecule has 2 rings (SSSR count). The highest BCUT2D eigenvalue weighted by Crippen LogP contribution is 2.33. The van der Waals surface area contributed by atoms with E-state index in [9.17, 15) is 14.3 Å². The molecule has 0 saturated carbocycles. The Morgan fingerprint density at radius 1 is 1.56 bits per heavy atom. The molecule has 4 nitrogen and oxygen atoms in total. The molecule has 0 amide bonds. The number of nitrogens with zero attached hydrogens (tertiary/aromatic N) is 2. The van der Waals surface area contributed by atoms with Gasteiger partial charge in [-0.25, -0.2) is 4.39 Å². The van der Waals surface area contributed by atoms with Crippen LogP contribution in [0.4, 0.5) is 10.1 Å². The molecule has 2 atom stereocenters. The highest BCUT2D eigenvalue weighted by molar-refractivity contribution is 5.72. The van der Waals surface area contributed by atoms with Crippen molar-refractivity contribution in [2.75, 3.05) is 18.0 Å². The molecule has 2 heterocycles. The summed E-state index contributed by atoms with van der Waals surface area (Å²) in [4.78, 5) is 16.8. The second kappa shape index (κ2) is 4.92. The largest absolute Gasteiger partial charge is 0.481 e. The Morgan fingerprint density at radius 2 is 2.28 bits per heavy atom. The molecular formula is C13H17FN2O2. The van der Waals surface area contributed by atoms with Gasteiger partial charge in [0.1, 0.15) is 0 Å². The van der Waals surface area contributed by atoms with E-state index in [4.69, 9.17) is 0 Å². The van der Waals surface area contributed by atoms with Crippen molar-refractivity contribution in [1.29, 1.82) is 0 Å².